The van der Waals surface area contributed by atoms with Crippen molar-refractivity contribution in [2.24, 2.45) is 11.8 Å². The summed E-state index contributed by atoms with van der Waals surface area (Å²) in [6.07, 6.45) is 15.4. The van der Waals surface area contributed by atoms with Gasteiger partial charge in [0.05, 0.1) is 14.2 Å². The zero-order chi connectivity index (χ0) is 83.0. The molecule has 14 nitrogen and oxygen atoms in total. The molecule has 16 heteroatoms. The van der Waals surface area contributed by atoms with Crippen LogP contribution in [0, 0.1) is 18.8 Å². The van der Waals surface area contributed by atoms with Crippen molar-refractivity contribution < 1.29 is 57.7 Å². The van der Waals surface area contributed by atoms with Crippen molar-refractivity contribution >= 4 is 45.0 Å². The van der Waals surface area contributed by atoms with Crippen molar-refractivity contribution in [2.45, 2.75) is 215 Å². The van der Waals surface area contributed by atoms with Gasteiger partial charge in [0.25, 0.3) is 17.7 Å². The summed E-state index contributed by atoms with van der Waals surface area (Å²) < 4.78 is 11.8. The molecule has 6 saturated heterocycles. The average molecular weight is 1680 g/mol. The van der Waals surface area contributed by atoms with E-state index in [2.05, 4.69) is 154 Å². The number of hydrogen-bond donors (Lipinski definition) is 2. The summed E-state index contributed by atoms with van der Waals surface area (Å²) in [5.74, 6) is 2.47. The van der Waals surface area contributed by atoms with Gasteiger partial charge in [-0.1, -0.05) is 201 Å². The zero-order valence-corrected chi connectivity index (χ0v) is 73.1. The van der Waals surface area contributed by atoms with Gasteiger partial charge in [0, 0.05) is 128 Å². The number of benzene rings is 9. The number of carbonyl (C=O) groups is 4. The van der Waals surface area contributed by atoms with Gasteiger partial charge in [-0.25, -0.2) is 0 Å². The molecule has 6 bridgehead atoms. The molecular formula is C104H132BrLiN6O8. The van der Waals surface area contributed by atoms with Crippen LogP contribution in [0.2, 0.25) is 0 Å². The molecule has 6 fully saturated rings. The second-order valence-electron chi connectivity index (χ2n) is 31.9. The third-order valence-corrected chi connectivity index (χ3v) is 25.6. The predicted molar refractivity (Wildman–Crippen MR) is 491 cm³/mol. The maximum Gasteiger partial charge on any atom is 1.00 e. The molecule has 9 aromatic carbocycles. The van der Waals surface area contributed by atoms with Gasteiger partial charge >= 0.3 is 18.9 Å². The molecule has 2 N–H and O–H groups in total. The molecule has 0 aliphatic carbocycles. The number of amides is 3. The molecule has 9 aromatic rings. The van der Waals surface area contributed by atoms with Crippen LogP contribution in [0.4, 0.5) is 0 Å². The van der Waals surface area contributed by atoms with E-state index in [4.69, 9.17) is 9.47 Å². The van der Waals surface area contributed by atoms with E-state index in [0.29, 0.717) is 68.0 Å². The molecule has 0 aromatic heterocycles. The Hall–Kier alpha value is -8.88. The number of piperidine rings is 3. The fourth-order valence-electron chi connectivity index (χ4n) is 18.6. The first kappa shape index (κ1) is 96.6. The number of rotatable bonds is 25. The Morgan fingerprint density at radius 1 is 0.425 bits per heavy atom. The molecule has 6 heterocycles. The number of Topliss-reactive ketones (excluding diaryl/α,β-unsaturated/α-hetero) is 1. The minimum atomic E-state index is -1.18. The molecule has 6 aliphatic heterocycles. The number of hydrogen-bond acceptors (Lipinski definition) is 11. The van der Waals surface area contributed by atoms with Crippen LogP contribution in [0.3, 0.4) is 0 Å². The van der Waals surface area contributed by atoms with Crippen LogP contribution in [0.15, 0.2) is 247 Å². The second-order valence-corrected chi connectivity index (χ2v) is 32.9. The topological polar surface area (TPSA) is 147 Å². The van der Waals surface area contributed by atoms with E-state index in [-0.39, 0.29) is 74.8 Å². The van der Waals surface area contributed by atoms with Crippen LogP contribution in [0.1, 0.15) is 234 Å². The number of unbranched alkanes of at least 4 members (excludes halogenated alkanes) is 1. The number of aliphatic hydroxyl groups is 1. The Morgan fingerprint density at radius 2 is 0.783 bits per heavy atom. The molecule has 15 rings (SSSR count). The molecule has 0 radical (unpaired) electrons. The van der Waals surface area contributed by atoms with Crippen molar-refractivity contribution in [3.05, 3.63) is 315 Å². The number of phenols is 1. The van der Waals surface area contributed by atoms with E-state index in [1.165, 1.54) is 72.8 Å². The van der Waals surface area contributed by atoms with Gasteiger partial charge in [0.15, 0.2) is 5.78 Å². The Bertz CT molecular complexity index is 4610. The molecule has 7 atom stereocenters. The van der Waals surface area contributed by atoms with E-state index < -0.39 is 5.60 Å². The van der Waals surface area contributed by atoms with Crippen molar-refractivity contribution in [3.63, 3.8) is 0 Å². The standard InChI is InChI=1S/C33H40N2O3.C32H36N2O2.C22H25NO2.C11H14BrNO.C4H9.2CH4.Li/c1-4-34(5-2)32(36)25-14-16-26(17-15-25)33(37,27-12-9-13-31(22-27)38-3)28-20-29-18-19-30(21-28)35(29)23-24-10-7-6-8-11-24;1-3-33(4-2)32(36)25-15-13-24(14-16-25)31(26-11-8-12-30(35)21-26)27-19-28-17-18-29(20-27)34(28)22-23-9-6-5-7-10-23;1-25-21-9-5-8-17(14-21)22(24)18-12-19-10-11-20(13-18)23(19)15-16-6-3-2-4-7-16;1-3-13(4-2)11(14)9-5-7-10(12)8-6-9;1-3-4-2;;;/h6-17,22,28-30,37H,4-5,18-21,23H2,1-3H3;5-16,21,28-29,35H,3-4,17-20,22H2,1-2H3;2-9,14,18-20H,10-13,15H2,1H3;5-8H,3-4H2,1-2H3;1,3-4H2,2H3;2*1H4;/q;;;;-1;;;+1. The summed E-state index contributed by atoms with van der Waals surface area (Å²) in [6.45, 7) is 25.0. The van der Waals surface area contributed by atoms with Crippen LogP contribution in [-0.2, 0) is 25.2 Å². The first-order valence-corrected chi connectivity index (χ1v) is 43.8. The number of halogens is 1. The molecule has 0 saturated carbocycles. The SMILES string of the molecule is C.C.CCN(CC)C(=O)c1ccc(Br)cc1.CCN(CC)C(=O)c1ccc(C(=C2CC3CCC(C2)N3Cc2ccccc2)c2cccc(O)c2)cc1.CCN(CC)C(=O)c1ccc(C(O)(c2cccc(OC)c2)C2CC3CCC(C2)N3Cc2ccccc2)cc1.COc1cccc(C(=O)C2CC3CCC(C2)N3Cc2ccccc2)c1.[CH2-]CCC.[Li+]. The van der Waals surface area contributed by atoms with Gasteiger partial charge in [0.2, 0.25) is 0 Å². The summed E-state index contributed by atoms with van der Waals surface area (Å²) in [4.78, 5) is 64.1. The summed E-state index contributed by atoms with van der Waals surface area (Å²) in [7, 11) is 3.31. The van der Waals surface area contributed by atoms with E-state index >= 15 is 0 Å². The number of phenolic OH excluding ortho intramolecular Hbond substituents is 1. The van der Waals surface area contributed by atoms with E-state index in [1.807, 2.05) is 178 Å². The van der Waals surface area contributed by atoms with Gasteiger partial charge in [-0.05, 0) is 254 Å². The zero-order valence-electron chi connectivity index (χ0n) is 71.5. The molecule has 634 valence electrons. The minimum Gasteiger partial charge on any atom is -0.508 e. The Labute approximate surface area is 739 Å². The monoisotopic (exact) mass is 1680 g/mol. The van der Waals surface area contributed by atoms with Gasteiger partial charge in [0.1, 0.15) is 22.8 Å². The van der Waals surface area contributed by atoms with E-state index in [1.54, 1.807) is 20.3 Å². The Balaban J connectivity index is 0.000000203. The maximum atomic E-state index is 13.0. The first-order valence-electron chi connectivity index (χ1n) is 43.0. The number of carbonyl (C=O) groups excluding carboxylic acids is 4. The van der Waals surface area contributed by atoms with Gasteiger partial charge < -0.3 is 41.3 Å². The molecular weight excluding hydrogens is 1550 g/mol. The third-order valence-electron chi connectivity index (χ3n) is 25.0. The van der Waals surface area contributed by atoms with Crippen LogP contribution < -0.4 is 28.3 Å². The fourth-order valence-corrected chi connectivity index (χ4v) is 18.9. The molecule has 120 heavy (non-hydrogen) atoms. The summed E-state index contributed by atoms with van der Waals surface area (Å²) in [5.41, 5.74) is 12.4. The fraction of sp³-hybridized carbons (Fsp3) is 0.413. The molecule has 0 spiro atoms. The largest absolute Gasteiger partial charge is 1.00 e. The first-order chi connectivity index (χ1) is 56.9. The number of aromatic hydroxyl groups is 1. The summed E-state index contributed by atoms with van der Waals surface area (Å²) in [5, 5.41) is 23.0. The van der Waals surface area contributed by atoms with Crippen molar-refractivity contribution in [1.82, 2.24) is 29.4 Å². The molecule has 6 aliphatic rings. The van der Waals surface area contributed by atoms with Crippen molar-refractivity contribution in [1.29, 1.82) is 0 Å². The van der Waals surface area contributed by atoms with Crippen molar-refractivity contribution in [3.8, 4) is 17.2 Å². The van der Waals surface area contributed by atoms with E-state index in [0.717, 1.165) is 133 Å². The number of ketones is 1. The van der Waals surface area contributed by atoms with Crippen LogP contribution in [-0.4, -0.2) is 153 Å². The Morgan fingerprint density at radius 3 is 1.19 bits per heavy atom. The Kier molecular flexibility index (Phi) is 38.2. The summed E-state index contributed by atoms with van der Waals surface area (Å²) >= 11 is 3.34. The average Bonchev–Trinajstić information content (AvgIpc) is 1.17. The molecule has 3 amide bonds. The van der Waals surface area contributed by atoms with Crippen LogP contribution in [0.25, 0.3) is 5.57 Å². The normalized spacial score (nSPS) is 19.7. The third kappa shape index (κ3) is 24.3. The number of ether oxygens (including phenoxy) is 2. The van der Waals surface area contributed by atoms with Crippen LogP contribution >= 0.6 is 15.9 Å². The van der Waals surface area contributed by atoms with Crippen molar-refractivity contribution in [2.75, 3.05) is 53.5 Å². The van der Waals surface area contributed by atoms with Gasteiger partial charge in [-0.2, -0.15) is 6.42 Å². The summed E-state index contributed by atoms with van der Waals surface area (Å²) in [6, 6.07) is 81.5. The second kappa shape index (κ2) is 47.5. The number of methoxy groups -OCH3 is 2. The smallest absolute Gasteiger partial charge is 0.508 e. The van der Waals surface area contributed by atoms with Gasteiger partial charge in [-0.3, -0.25) is 33.9 Å². The van der Waals surface area contributed by atoms with Crippen LogP contribution in [0.5, 0.6) is 17.2 Å². The predicted octanol–water partition coefficient (Wildman–Crippen LogP) is 19.5. The molecule has 7 unspecified atom stereocenters. The number of fused-ring (bicyclic) bond motifs is 6. The number of nitrogens with zero attached hydrogens (tertiary/aromatic N) is 6. The minimum absolute atomic E-state index is 0. The quantitative estimate of drug-likeness (QED) is 0.0320. The maximum absolute atomic E-state index is 13.0. The van der Waals surface area contributed by atoms with E-state index in [9.17, 15) is 29.4 Å². The van der Waals surface area contributed by atoms with Gasteiger partial charge in [-0.15, -0.1) is 0 Å².